The van der Waals surface area contributed by atoms with Crippen molar-refractivity contribution in [2.75, 3.05) is 25.0 Å². The minimum Gasteiger partial charge on any atom is -0.459 e. The van der Waals surface area contributed by atoms with Crippen molar-refractivity contribution in [3.8, 4) is 0 Å². The average molecular weight is 398 g/mol. The van der Waals surface area contributed by atoms with Crippen LogP contribution in [0.4, 0.5) is 5.00 Å². The highest BCUT2D eigenvalue weighted by Gasteiger charge is 2.27. The van der Waals surface area contributed by atoms with Crippen molar-refractivity contribution >= 4 is 40.6 Å². The van der Waals surface area contributed by atoms with Gasteiger partial charge in [-0.25, -0.2) is 0 Å². The molecule has 0 saturated carbocycles. The van der Waals surface area contributed by atoms with Crippen LogP contribution in [0, 0.1) is 12.3 Å². The lowest BCUT2D eigenvalue weighted by molar-refractivity contribution is 0.0925. The molecule has 1 saturated heterocycles. The molecule has 142 valence electrons. The molecule has 0 atom stereocenters. The normalized spacial score (nSPS) is 15.8. The Hall–Kier alpha value is -1.83. The third-order valence-corrected chi connectivity index (χ3v) is 5.74. The Balaban J connectivity index is 0.00000243. The van der Waals surface area contributed by atoms with Gasteiger partial charge in [0.25, 0.3) is 11.8 Å². The molecule has 6 nitrogen and oxygen atoms in total. The molecule has 3 rings (SSSR count). The van der Waals surface area contributed by atoms with Gasteiger partial charge in [0.2, 0.25) is 0 Å². The maximum absolute atomic E-state index is 12.5. The third-order valence-electron chi connectivity index (χ3n) is 4.59. The Labute approximate surface area is 163 Å². The van der Waals surface area contributed by atoms with Crippen molar-refractivity contribution in [3.63, 3.8) is 0 Å². The summed E-state index contributed by atoms with van der Waals surface area (Å²) in [6.07, 6.45) is 3.57. The number of furan rings is 1. The number of nitrogens with one attached hydrogen (secondary N) is 3. The Morgan fingerprint density at radius 2 is 2.04 bits per heavy atom. The second-order valence-electron chi connectivity index (χ2n) is 6.80. The van der Waals surface area contributed by atoms with Gasteiger partial charge in [0.15, 0.2) is 5.76 Å². The maximum Gasteiger partial charge on any atom is 0.291 e. The van der Waals surface area contributed by atoms with E-state index >= 15 is 0 Å². The lowest BCUT2D eigenvalue weighted by Crippen LogP contribution is -2.42. The van der Waals surface area contributed by atoms with Crippen LogP contribution in [0.3, 0.4) is 0 Å². The van der Waals surface area contributed by atoms with Gasteiger partial charge in [0, 0.05) is 6.54 Å². The smallest absolute Gasteiger partial charge is 0.291 e. The molecule has 0 aromatic carbocycles. The number of piperidine rings is 1. The number of thiophene rings is 1. The summed E-state index contributed by atoms with van der Waals surface area (Å²) >= 11 is 1.28. The van der Waals surface area contributed by atoms with Gasteiger partial charge >= 0.3 is 0 Å². The second kappa shape index (κ2) is 8.70. The van der Waals surface area contributed by atoms with Crippen molar-refractivity contribution in [2.24, 2.45) is 5.41 Å². The zero-order chi connectivity index (χ0) is 17.9. The lowest BCUT2D eigenvalue weighted by atomic mass is 9.81. The summed E-state index contributed by atoms with van der Waals surface area (Å²) in [5, 5.41) is 9.81. The predicted molar refractivity (Wildman–Crippen MR) is 106 cm³/mol. The summed E-state index contributed by atoms with van der Waals surface area (Å²) in [6, 6.07) is 5.07. The predicted octanol–water partition coefficient (Wildman–Crippen LogP) is 3.44. The Morgan fingerprint density at radius 3 is 2.69 bits per heavy atom. The Morgan fingerprint density at radius 1 is 1.31 bits per heavy atom. The van der Waals surface area contributed by atoms with Crippen LogP contribution in [-0.4, -0.2) is 31.4 Å². The molecular weight excluding hydrogens is 374 g/mol. The van der Waals surface area contributed by atoms with Crippen LogP contribution in [0.1, 0.15) is 45.6 Å². The molecule has 0 bridgehead atoms. The Kier molecular flexibility index (Phi) is 6.86. The van der Waals surface area contributed by atoms with E-state index in [2.05, 4.69) is 22.9 Å². The molecule has 26 heavy (non-hydrogen) atoms. The monoisotopic (exact) mass is 397 g/mol. The molecule has 3 N–H and O–H groups in total. The molecule has 2 amide bonds. The number of hydrogen-bond donors (Lipinski definition) is 3. The quantitative estimate of drug-likeness (QED) is 0.721. The molecule has 1 fully saturated rings. The minimum absolute atomic E-state index is 0. The molecule has 0 aliphatic carbocycles. The van der Waals surface area contributed by atoms with E-state index in [0.29, 0.717) is 16.4 Å². The van der Waals surface area contributed by atoms with E-state index in [1.165, 1.54) is 17.6 Å². The summed E-state index contributed by atoms with van der Waals surface area (Å²) in [4.78, 5) is 25.2. The van der Waals surface area contributed by atoms with Crippen molar-refractivity contribution in [2.45, 2.75) is 26.7 Å². The zero-order valence-electron chi connectivity index (χ0n) is 14.9. The zero-order valence-corrected chi connectivity index (χ0v) is 16.5. The molecular formula is C18H24ClN3O3S. The van der Waals surface area contributed by atoms with Gasteiger partial charge in [0.05, 0.1) is 16.1 Å². The van der Waals surface area contributed by atoms with Crippen LogP contribution in [0.15, 0.2) is 28.9 Å². The van der Waals surface area contributed by atoms with Crippen LogP contribution in [0.2, 0.25) is 0 Å². The van der Waals surface area contributed by atoms with Crippen molar-refractivity contribution in [1.29, 1.82) is 0 Å². The summed E-state index contributed by atoms with van der Waals surface area (Å²) in [5.74, 6) is -0.155. The van der Waals surface area contributed by atoms with Crippen molar-refractivity contribution < 1.29 is 14.0 Å². The summed E-state index contributed by atoms with van der Waals surface area (Å²) in [5.41, 5.74) is 0.996. The van der Waals surface area contributed by atoms with Crippen LogP contribution in [-0.2, 0) is 0 Å². The maximum atomic E-state index is 12.5. The van der Waals surface area contributed by atoms with E-state index in [0.717, 1.165) is 31.5 Å². The first-order valence-electron chi connectivity index (χ1n) is 8.41. The van der Waals surface area contributed by atoms with E-state index in [-0.39, 0.29) is 35.4 Å². The third kappa shape index (κ3) is 4.87. The van der Waals surface area contributed by atoms with Gasteiger partial charge in [-0.1, -0.05) is 6.92 Å². The molecule has 2 aromatic rings. The number of hydrogen-bond acceptors (Lipinski definition) is 5. The second-order valence-corrected chi connectivity index (χ2v) is 7.85. The van der Waals surface area contributed by atoms with Gasteiger partial charge in [-0.05, 0) is 62.0 Å². The van der Waals surface area contributed by atoms with Gasteiger partial charge in [0.1, 0.15) is 0 Å². The number of amides is 2. The van der Waals surface area contributed by atoms with Gasteiger partial charge < -0.3 is 20.4 Å². The standard InChI is InChI=1S/C18H23N3O3S.ClH/c1-12-10-14(21-16(22)13-4-3-9-24-13)25-15(12)17(23)20-11-18(2)5-7-19-8-6-18;/h3-4,9-10,19H,5-8,11H2,1-2H3,(H,20,23)(H,21,22);1H. The van der Waals surface area contributed by atoms with E-state index in [1.807, 2.05) is 13.0 Å². The minimum atomic E-state index is -0.319. The topological polar surface area (TPSA) is 83.4 Å². The van der Waals surface area contributed by atoms with Crippen molar-refractivity contribution in [3.05, 3.63) is 40.7 Å². The number of halogens is 1. The van der Waals surface area contributed by atoms with Gasteiger partial charge in [-0.2, -0.15) is 0 Å². The first-order chi connectivity index (χ1) is 12.0. The molecule has 1 aliphatic rings. The van der Waals surface area contributed by atoms with Crippen LogP contribution < -0.4 is 16.0 Å². The molecule has 0 radical (unpaired) electrons. The van der Waals surface area contributed by atoms with Crippen LogP contribution >= 0.6 is 23.7 Å². The van der Waals surface area contributed by atoms with Gasteiger partial charge in [-0.3, -0.25) is 9.59 Å². The van der Waals surface area contributed by atoms with Crippen LogP contribution in [0.5, 0.6) is 0 Å². The van der Waals surface area contributed by atoms with Crippen molar-refractivity contribution in [1.82, 2.24) is 10.6 Å². The molecule has 0 spiro atoms. The van der Waals surface area contributed by atoms with Crippen LogP contribution in [0.25, 0.3) is 0 Å². The summed E-state index contributed by atoms with van der Waals surface area (Å²) < 4.78 is 5.08. The SMILES string of the molecule is Cc1cc(NC(=O)c2ccco2)sc1C(=O)NCC1(C)CCNCC1.Cl. The molecule has 2 aromatic heterocycles. The fourth-order valence-corrected chi connectivity index (χ4v) is 3.92. The highest BCUT2D eigenvalue weighted by molar-refractivity contribution is 7.18. The number of carbonyl (C=O) groups excluding carboxylic acids is 2. The summed E-state index contributed by atoms with van der Waals surface area (Å²) in [6.45, 7) is 6.74. The lowest BCUT2D eigenvalue weighted by Gasteiger charge is -2.34. The van der Waals surface area contributed by atoms with E-state index in [9.17, 15) is 9.59 Å². The summed E-state index contributed by atoms with van der Waals surface area (Å²) in [7, 11) is 0. The Bertz CT molecular complexity index is 752. The molecule has 0 unspecified atom stereocenters. The van der Waals surface area contributed by atoms with Gasteiger partial charge in [-0.15, -0.1) is 23.7 Å². The largest absolute Gasteiger partial charge is 0.459 e. The highest BCUT2D eigenvalue weighted by Crippen LogP contribution is 2.29. The highest BCUT2D eigenvalue weighted by atomic mass is 35.5. The molecule has 1 aliphatic heterocycles. The molecule has 3 heterocycles. The fraction of sp³-hybridized carbons (Fsp3) is 0.444. The number of carbonyl (C=O) groups is 2. The fourth-order valence-electron chi connectivity index (χ4n) is 2.93. The number of aryl methyl sites for hydroxylation is 1. The number of anilines is 1. The first kappa shape index (κ1) is 20.5. The average Bonchev–Trinajstić information content (AvgIpc) is 3.23. The number of rotatable bonds is 5. The van der Waals surface area contributed by atoms with E-state index in [1.54, 1.807) is 12.1 Å². The van der Waals surface area contributed by atoms with E-state index < -0.39 is 0 Å². The molecule has 8 heteroatoms. The first-order valence-corrected chi connectivity index (χ1v) is 9.23. The van der Waals surface area contributed by atoms with E-state index in [4.69, 9.17) is 4.42 Å².